The molecule has 10 nitrogen and oxygen atoms in total. The van der Waals surface area contributed by atoms with E-state index in [4.69, 9.17) is 39.2 Å². The van der Waals surface area contributed by atoms with Crippen LogP contribution >= 0.6 is 15.9 Å². The first-order chi connectivity index (χ1) is 70.7. The molecule has 1 aliphatic heterocycles. The van der Waals surface area contributed by atoms with Crippen molar-refractivity contribution in [3.05, 3.63) is 514 Å². The molecule has 1 fully saturated rings. The van der Waals surface area contributed by atoms with E-state index in [1.54, 1.807) is 0 Å². The van der Waals surface area contributed by atoms with Gasteiger partial charge in [-0.3, -0.25) is 0 Å². The fraction of sp³-hybridized carbons (Fsp3) is 0.0455. The predicted octanol–water partition coefficient (Wildman–Crippen LogP) is 33.7. The Balaban J connectivity index is 0.000000131. The maximum absolute atomic E-state index is 6.38. The number of hydrogen-bond acceptors (Lipinski definition) is 8. The molecule has 0 radical (unpaired) electrons. The Hall–Kier alpha value is -17.5. The van der Waals surface area contributed by atoms with Gasteiger partial charge in [-0.1, -0.05) is 404 Å². The van der Waals surface area contributed by atoms with E-state index in [1.807, 2.05) is 66.7 Å². The molecule has 20 aromatic carbocycles. The van der Waals surface area contributed by atoms with E-state index in [9.17, 15) is 0 Å². The lowest BCUT2D eigenvalue weighted by atomic mass is 9.78. The van der Waals surface area contributed by atoms with E-state index in [0.717, 1.165) is 116 Å². The highest BCUT2D eigenvalue weighted by molar-refractivity contribution is 9.10. The number of halogens is 1. The summed E-state index contributed by atoms with van der Waals surface area (Å²) in [5.41, 5.74) is 33.3. The van der Waals surface area contributed by atoms with Gasteiger partial charge in [-0.2, -0.15) is 0 Å². The van der Waals surface area contributed by atoms with Crippen molar-refractivity contribution in [3.63, 3.8) is 0 Å². The molecule has 24 aromatic rings. The largest absolute Gasteiger partial charge is 0.494 e. The predicted molar refractivity (Wildman–Crippen MR) is 600 cm³/mol. The van der Waals surface area contributed by atoms with Crippen LogP contribution in [0.3, 0.4) is 0 Å². The second-order valence-electron chi connectivity index (χ2n) is 37.2. The monoisotopic (exact) mass is 1910 g/mol. The molecular weight excluding hydrogens is 1820 g/mol. The van der Waals surface area contributed by atoms with E-state index in [-0.39, 0.29) is 0 Å². The molecule has 144 heavy (non-hydrogen) atoms. The summed E-state index contributed by atoms with van der Waals surface area (Å²) < 4.78 is 18.6. The zero-order chi connectivity index (χ0) is 97.0. The molecule has 4 aromatic heterocycles. The first kappa shape index (κ1) is 90.3. The molecule has 1 saturated heterocycles. The van der Waals surface area contributed by atoms with Crippen LogP contribution in [0.1, 0.15) is 27.7 Å². The molecule has 5 heterocycles. The smallest absolute Gasteiger partial charge is 0.399 e. The van der Waals surface area contributed by atoms with Crippen molar-refractivity contribution in [2.75, 3.05) is 0 Å². The summed E-state index contributed by atoms with van der Waals surface area (Å²) >= 11 is 3.77. The van der Waals surface area contributed by atoms with Crippen molar-refractivity contribution in [2.24, 2.45) is 0 Å². The Morgan fingerprint density at radius 2 is 0.438 bits per heavy atom. The first-order valence-corrected chi connectivity index (χ1v) is 49.5. The van der Waals surface area contributed by atoms with Crippen LogP contribution in [0.2, 0.25) is 0 Å². The molecular formula is C132H96BBrN8O2. The average Bonchev–Trinajstić information content (AvgIpc) is 1.59. The maximum Gasteiger partial charge on any atom is 0.494 e. The minimum Gasteiger partial charge on any atom is -0.399 e. The highest BCUT2D eigenvalue weighted by Crippen LogP contribution is 2.46. The van der Waals surface area contributed by atoms with Gasteiger partial charge in [0.2, 0.25) is 0 Å². The van der Waals surface area contributed by atoms with Crippen LogP contribution in [0.15, 0.2) is 514 Å². The lowest BCUT2D eigenvalue weighted by Crippen LogP contribution is -2.41. The van der Waals surface area contributed by atoms with Crippen molar-refractivity contribution in [2.45, 2.75) is 38.9 Å². The number of benzene rings is 20. The summed E-state index contributed by atoms with van der Waals surface area (Å²) in [4.78, 5) is 30.7. The molecule has 12 heteroatoms. The van der Waals surface area contributed by atoms with Crippen LogP contribution in [-0.2, 0) is 9.31 Å². The molecule has 0 amide bonds. The number of hydrogen-bond donors (Lipinski definition) is 0. The molecule has 0 N–H and O–H groups in total. The van der Waals surface area contributed by atoms with Crippen molar-refractivity contribution in [3.8, 4) is 180 Å². The lowest BCUT2D eigenvalue weighted by molar-refractivity contribution is 0.00578. The van der Waals surface area contributed by atoms with Gasteiger partial charge in [-0.15, -0.1) is 0 Å². The fourth-order valence-corrected chi connectivity index (χ4v) is 20.0. The lowest BCUT2D eigenvalue weighted by Gasteiger charge is -2.32. The Bertz CT molecular complexity index is 8670. The Morgan fingerprint density at radius 1 is 0.194 bits per heavy atom. The van der Waals surface area contributed by atoms with Crippen LogP contribution in [-0.4, -0.2) is 57.4 Å². The molecule has 1 aliphatic rings. The molecule has 0 unspecified atom stereocenters. The van der Waals surface area contributed by atoms with Crippen molar-refractivity contribution >= 4 is 72.1 Å². The van der Waals surface area contributed by atoms with Gasteiger partial charge in [0.1, 0.15) is 0 Å². The topological polar surface area (TPSA) is 106 Å². The zero-order valence-electron chi connectivity index (χ0n) is 79.8. The Morgan fingerprint density at radius 3 is 0.799 bits per heavy atom. The number of aromatic nitrogens is 8. The number of para-hydroxylation sites is 2. The summed E-state index contributed by atoms with van der Waals surface area (Å²) in [6.45, 7) is 8.26. The van der Waals surface area contributed by atoms with E-state index in [2.05, 4.69) is 496 Å². The van der Waals surface area contributed by atoms with Crippen LogP contribution in [0.4, 0.5) is 0 Å². The summed E-state index contributed by atoms with van der Waals surface area (Å²) in [6, 6.07) is 179. The van der Waals surface area contributed by atoms with Crippen molar-refractivity contribution < 1.29 is 9.31 Å². The van der Waals surface area contributed by atoms with Crippen LogP contribution in [0.25, 0.3) is 223 Å². The molecule has 25 rings (SSSR count). The maximum atomic E-state index is 6.38. The van der Waals surface area contributed by atoms with Gasteiger partial charge in [0.15, 0.2) is 34.9 Å². The molecule has 686 valence electrons. The average molecular weight is 1920 g/mol. The Labute approximate surface area is 847 Å². The molecule has 0 saturated carbocycles. The van der Waals surface area contributed by atoms with E-state index in [0.29, 0.717) is 34.9 Å². The number of rotatable bonds is 18. The minimum atomic E-state index is -0.492. The van der Waals surface area contributed by atoms with Crippen LogP contribution in [0, 0.1) is 0 Å². The molecule has 0 bridgehead atoms. The zero-order valence-corrected chi connectivity index (χ0v) is 81.4. The summed E-state index contributed by atoms with van der Waals surface area (Å²) in [5.74, 6) is 3.64. The van der Waals surface area contributed by atoms with Gasteiger partial charge < -0.3 is 18.4 Å². The van der Waals surface area contributed by atoms with Crippen molar-refractivity contribution in [1.82, 2.24) is 39.0 Å². The number of nitrogens with zero attached hydrogens (tertiary/aromatic N) is 8. The van der Waals surface area contributed by atoms with Gasteiger partial charge >= 0.3 is 7.12 Å². The highest BCUT2D eigenvalue weighted by atomic mass is 79.9. The van der Waals surface area contributed by atoms with Gasteiger partial charge in [0, 0.05) is 70.8 Å². The van der Waals surface area contributed by atoms with Gasteiger partial charge in [-0.05, 0) is 255 Å². The summed E-state index contributed by atoms with van der Waals surface area (Å²) in [6.07, 6.45) is 0. The molecule has 0 atom stereocenters. The third kappa shape index (κ3) is 18.6. The second kappa shape index (κ2) is 39.6. The van der Waals surface area contributed by atoms with Crippen LogP contribution < -0.4 is 5.46 Å². The quantitative estimate of drug-likeness (QED) is 0.0782. The Kier molecular flexibility index (Phi) is 24.9. The fourth-order valence-electron chi connectivity index (χ4n) is 19.5. The summed E-state index contributed by atoms with van der Waals surface area (Å²) in [7, 11) is -0.492. The van der Waals surface area contributed by atoms with E-state index >= 15 is 0 Å². The second-order valence-corrected chi connectivity index (χ2v) is 38.1. The third-order valence-corrected chi connectivity index (χ3v) is 28.1. The minimum absolute atomic E-state index is 0.442. The SMILES string of the molecule is Brc1cccc2c1c1cc(-c3ccccc3)ccc1n2-c1ccccc1.CC1(C)OB(c2cccc(-c3nc(-c4ccccc4)nc(-c4cccc(-c5cc(-c6ccccc6)cc(-c6ccccc6)c5)c4)n3)c2)OC1(C)C.c1ccc(-c2cc(-c3ccccc3)cc(-c3cccc(-c4nc(-c5ccccc5)nc(-c5cccc(-c6cccc7c6c6cc(-c8ccccc8)ccc6n7-c6ccccc6)c5)n4)c3)c2)cc1. The molecule has 0 spiro atoms. The standard InChI is InChI=1S/C63H42N4.C45H38BN3O2.C24H16BrN/c1-6-19-43(20-7-1)48-35-36-58-57(42-48)60-56(33-18-34-59(60)67(58)55-31-14-5-15-32-55)49-28-17-30-51(38-49)63-65-61(46-25-12-4-13-26-46)64-62(66-63)50-29-16-27-47(37-50)54-40-52(44-21-8-2-9-22-44)39-53(41-54)45-23-10-3-11-24-45;1-44(2)45(3,4)51-46(50-44)40-25-15-24-36(30-40)43-48-41(33-20-12-7-13-21-33)47-42(49-43)35-23-14-22-34(26-35)39-28-37(31-16-8-5-9-17-31)27-38(29-39)32-18-10-6-11-19-32;25-21-12-7-13-23-24(21)20-16-18(17-8-3-1-4-9-17)14-15-22(20)26(23)19-10-5-2-6-11-19/h1-42H;5-30H,1-4H3;1-16H. The number of fused-ring (bicyclic) bond motifs is 6. The van der Waals surface area contributed by atoms with E-state index < -0.39 is 18.3 Å². The van der Waals surface area contributed by atoms with Crippen LogP contribution in [0.5, 0.6) is 0 Å². The van der Waals surface area contributed by atoms with E-state index in [1.165, 1.54) is 82.8 Å². The third-order valence-electron chi connectivity index (χ3n) is 27.4. The highest BCUT2D eigenvalue weighted by Gasteiger charge is 2.52. The first-order valence-electron chi connectivity index (χ1n) is 48.7. The van der Waals surface area contributed by atoms with Gasteiger partial charge in [0.25, 0.3) is 0 Å². The van der Waals surface area contributed by atoms with Gasteiger partial charge in [0.05, 0.1) is 33.3 Å². The van der Waals surface area contributed by atoms with Gasteiger partial charge in [-0.25, -0.2) is 29.9 Å². The molecule has 0 aliphatic carbocycles. The summed E-state index contributed by atoms with van der Waals surface area (Å²) in [5, 5.41) is 4.91. The normalized spacial score (nSPS) is 12.5. The van der Waals surface area contributed by atoms with Crippen molar-refractivity contribution in [1.29, 1.82) is 0 Å².